The fourth-order valence-corrected chi connectivity index (χ4v) is 6.10. The first-order valence-corrected chi connectivity index (χ1v) is 28.7. The molecule has 0 spiro atoms. The Bertz CT molecular complexity index is 3360. The van der Waals surface area contributed by atoms with Crippen molar-refractivity contribution >= 4 is 54.5 Å². The molecule has 0 aliphatic carbocycles. The van der Waals surface area contributed by atoms with Gasteiger partial charge in [-0.2, -0.15) is 40.8 Å². The van der Waals surface area contributed by atoms with Crippen molar-refractivity contribution in [2.45, 2.75) is 41.5 Å². The van der Waals surface area contributed by atoms with Crippen LogP contribution in [0.4, 0.5) is 25.2 Å². The van der Waals surface area contributed by atoms with Crippen molar-refractivity contribution in [2.75, 3.05) is 0 Å². The maximum Gasteiger partial charge on any atom is 1.00 e. The third kappa shape index (κ3) is 33.9. The zero-order valence-corrected chi connectivity index (χ0v) is 54.1. The van der Waals surface area contributed by atoms with Gasteiger partial charge in [0.25, 0.3) is 0 Å². The van der Waals surface area contributed by atoms with Crippen LogP contribution in [0.25, 0.3) is 45.6 Å². The summed E-state index contributed by atoms with van der Waals surface area (Å²) in [5.74, 6) is 0. The first-order valence-electron chi connectivity index (χ1n) is 26.7. The van der Waals surface area contributed by atoms with Gasteiger partial charge >= 0.3 is 52.5 Å². The molecule has 91 heavy (non-hydrogen) atoms. The van der Waals surface area contributed by atoms with Crippen LogP contribution in [0.5, 0.6) is 0 Å². The molecule has 0 bridgehead atoms. The largest absolute Gasteiger partial charge is 1.00 e. The predicted octanol–water partition coefficient (Wildman–Crippen LogP) is 16.4. The molecule has 0 atom stereocenters. The molecule has 1 radical (unpaired) electrons. The Morgan fingerprint density at radius 2 is 0.418 bits per heavy atom. The zero-order chi connectivity index (χ0) is 64.1. The van der Waals surface area contributed by atoms with Crippen LogP contribution in [0.1, 0.15) is 52.9 Å². The molecule has 0 fully saturated rings. The van der Waals surface area contributed by atoms with Gasteiger partial charge < -0.3 is 0 Å². The minimum Gasteiger partial charge on any atom is -0.255 e. The summed E-state index contributed by atoms with van der Waals surface area (Å²) in [6.07, 6.45) is 20.7. The third-order valence-corrected chi connectivity index (χ3v) is 10.8. The zero-order valence-electron chi connectivity index (χ0n) is 49.7. The summed E-state index contributed by atoms with van der Waals surface area (Å²) in [6.45, 7) is 10.9. The Morgan fingerprint density at radius 3 is 0.560 bits per heavy atom. The Hall–Kier alpha value is -9.88. The van der Waals surface area contributed by atoms with Crippen LogP contribution in [0.15, 0.2) is 285 Å². The molecule has 10 heterocycles. The van der Waals surface area contributed by atoms with Crippen molar-refractivity contribution in [2.24, 2.45) is 40.8 Å². The van der Waals surface area contributed by atoms with E-state index in [-0.39, 0.29) is 39.0 Å². The summed E-state index contributed by atoms with van der Waals surface area (Å²) < 4.78 is 59.2. The smallest absolute Gasteiger partial charge is 0.255 e. The molecule has 0 aromatic carbocycles. The Morgan fingerprint density at radius 1 is 0.264 bits per heavy atom. The molecule has 0 aliphatic rings. The minimum absolute atomic E-state index is 0. The van der Waals surface area contributed by atoms with Crippen molar-refractivity contribution < 1.29 is 64.1 Å². The second-order valence-electron chi connectivity index (χ2n) is 17.8. The van der Waals surface area contributed by atoms with Gasteiger partial charge in [0.2, 0.25) is 0 Å². The molecule has 0 saturated heterocycles. The number of hydrogen-bond donors (Lipinski definition) is 0. The fraction of sp³-hybridized carbons (Fsp3) is 0.0938. The molecular formula is C64H60F6N18PRu2. The maximum absolute atomic E-state index is 10.7. The van der Waals surface area contributed by atoms with E-state index >= 15 is 0 Å². The normalized spacial score (nSPS) is 12.5. The van der Waals surface area contributed by atoms with Crippen LogP contribution in [0.2, 0.25) is 0 Å². The number of rotatable bonds is 13. The molecule has 0 saturated carbocycles. The van der Waals surface area contributed by atoms with E-state index in [4.69, 9.17) is 0 Å². The van der Waals surface area contributed by atoms with Gasteiger partial charge in [-0.05, 0) is 163 Å². The predicted molar refractivity (Wildman–Crippen MR) is 346 cm³/mol. The van der Waals surface area contributed by atoms with Gasteiger partial charge in [-0.25, -0.2) is 0 Å². The summed E-state index contributed by atoms with van der Waals surface area (Å²) >= 11 is 0. The van der Waals surface area contributed by atoms with E-state index < -0.39 is 7.81 Å². The van der Waals surface area contributed by atoms with Gasteiger partial charge in [-0.3, -0.25) is 49.8 Å². The van der Waals surface area contributed by atoms with Gasteiger partial charge in [-0.15, -0.1) is 0 Å². The molecule has 18 nitrogen and oxygen atoms in total. The summed E-state index contributed by atoms with van der Waals surface area (Å²) in [6, 6.07) is 57.5. The Balaban J connectivity index is 0.000000312. The van der Waals surface area contributed by atoms with Crippen LogP contribution in [-0.4, -0.2) is 96.5 Å². The summed E-state index contributed by atoms with van der Waals surface area (Å²) in [5, 5.41) is 33.2. The second kappa shape index (κ2) is 39.2. The quantitative estimate of drug-likeness (QED) is 0.0348. The molecule has 0 amide bonds. The van der Waals surface area contributed by atoms with Crippen molar-refractivity contribution in [1.29, 1.82) is 0 Å². The van der Waals surface area contributed by atoms with Crippen molar-refractivity contribution in [3.63, 3.8) is 0 Å². The molecule has 10 aromatic rings. The standard InChI is InChI=1S/C24H28N10.4C10H8N2.F6P.2Ru/c1-17(29-27-15-23-11-7-9-13-25-23)19(3)31-33-21(5)22(6)34-32-20(4)18(2)30-28-16-24-12-8-10-14-26-24;4*1-3-7-11-9(5-1)10-6-2-4-8-12-10;1-7(2,3,4,5)6;;/h7-16H,1-6H3;4*1-8H;;;/q;;;;;-1;;+1/b27-15+,28-16+,29-17-,30-18+,31-19-,32-20-,33-21-,34-22-;;;;;;;. The van der Waals surface area contributed by atoms with E-state index in [1.807, 2.05) is 224 Å². The second-order valence-corrected chi connectivity index (χ2v) is 19.7. The molecule has 0 N–H and O–H groups in total. The summed E-state index contributed by atoms with van der Waals surface area (Å²) in [4.78, 5) is 41.8. The van der Waals surface area contributed by atoms with Gasteiger partial charge in [0, 0.05) is 81.4 Å². The third-order valence-electron chi connectivity index (χ3n) is 10.8. The van der Waals surface area contributed by atoms with E-state index in [0.717, 1.165) is 56.9 Å². The molecule has 10 rings (SSSR count). The first-order chi connectivity index (χ1) is 42.7. The maximum atomic E-state index is 9.87. The van der Waals surface area contributed by atoms with Crippen molar-refractivity contribution in [1.82, 2.24) is 49.8 Å². The van der Waals surface area contributed by atoms with E-state index in [9.17, 15) is 25.2 Å². The van der Waals surface area contributed by atoms with E-state index in [1.165, 1.54) is 0 Å². The van der Waals surface area contributed by atoms with Gasteiger partial charge in [-0.1, -0.05) is 60.7 Å². The molecule has 10 aromatic heterocycles. The van der Waals surface area contributed by atoms with Gasteiger partial charge in [0.15, 0.2) is 0 Å². The number of aromatic nitrogens is 10. The van der Waals surface area contributed by atoms with Crippen molar-refractivity contribution in [3.8, 4) is 45.6 Å². The fourth-order valence-electron chi connectivity index (χ4n) is 6.10. The van der Waals surface area contributed by atoms with Crippen LogP contribution < -0.4 is 0 Å². The molecular weight excluding hydrogens is 1370 g/mol. The Kier molecular flexibility index (Phi) is 32.5. The van der Waals surface area contributed by atoms with Crippen LogP contribution in [-0.2, 0) is 39.0 Å². The topological polar surface area (TPSA) is 228 Å². The average molecular weight is 1430 g/mol. The number of hydrogen-bond acceptors (Lipinski definition) is 18. The number of halogens is 6. The average Bonchev–Trinajstić information content (AvgIpc) is 1.23. The minimum atomic E-state index is -10.7. The SMILES string of the molecule is CC(=N/N=C(C)\C(C)=N/N=C/c1ccccn1)/C(C)=N\N=C(C)/C(C)=N/N=C/c1ccccn1.F[P-](F)(F)(F)(F)F.[Ru+].[Ru].c1ccc(-c2ccccn2)nc1.c1ccc(-c2ccccn2)nc1.c1ccc(-c2ccccn2)nc1.c1ccc(-c2ccccn2)nc1. The molecule has 0 unspecified atom stereocenters. The monoisotopic (exact) mass is 1430 g/mol. The number of nitrogens with zero attached hydrogens (tertiary/aromatic N) is 18. The van der Waals surface area contributed by atoms with Gasteiger partial charge in [0.1, 0.15) is 0 Å². The van der Waals surface area contributed by atoms with E-state index in [2.05, 4.69) is 90.7 Å². The summed E-state index contributed by atoms with van der Waals surface area (Å²) in [7, 11) is -10.7. The van der Waals surface area contributed by atoms with Gasteiger partial charge in [0.05, 0.1) is 104 Å². The number of pyridine rings is 10. The molecule has 469 valence electrons. The first kappa shape index (κ1) is 75.4. The molecule has 0 aliphatic heterocycles. The van der Waals surface area contributed by atoms with E-state index in [0.29, 0.717) is 34.3 Å². The Labute approximate surface area is 548 Å². The van der Waals surface area contributed by atoms with Crippen LogP contribution >= 0.6 is 7.81 Å². The van der Waals surface area contributed by atoms with Crippen LogP contribution in [0, 0.1) is 0 Å². The van der Waals surface area contributed by atoms with E-state index in [1.54, 1.807) is 74.4 Å². The van der Waals surface area contributed by atoms with Crippen LogP contribution in [0.3, 0.4) is 0 Å². The molecule has 27 heteroatoms. The summed E-state index contributed by atoms with van der Waals surface area (Å²) in [5.41, 5.74) is 12.6. The van der Waals surface area contributed by atoms with Crippen molar-refractivity contribution in [3.05, 3.63) is 255 Å².